The van der Waals surface area contributed by atoms with Crippen LogP contribution in [0.15, 0.2) is 29.4 Å². The standard InChI is InChI=1S/C23H31N5O3S/c1-31-19-11-6-5-10-18(19)27-15-16(14-21(27)29)22(30)24-13-7-12-20-25-26-23(32-2)28(20)17-8-3-4-9-17/h5-6,10-11,16-17H,3-4,7-9,12-15H2,1-2H3,(H,24,30). The number of methoxy groups -OCH3 is 1. The molecule has 4 rings (SSSR count). The third-order valence-electron chi connectivity index (χ3n) is 6.36. The molecule has 2 aliphatic rings. The van der Waals surface area contributed by atoms with Gasteiger partial charge in [0.05, 0.1) is 18.7 Å². The van der Waals surface area contributed by atoms with Crippen LogP contribution in [0.4, 0.5) is 5.69 Å². The number of carbonyl (C=O) groups is 2. The van der Waals surface area contributed by atoms with E-state index in [2.05, 4.69) is 20.1 Å². The molecule has 1 unspecified atom stereocenters. The lowest BCUT2D eigenvalue weighted by Crippen LogP contribution is -2.33. The van der Waals surface area contributed by atoms with E-state index < -0.39 is 0 Å². The maximum absolute atomic E-state index is 12.7. The molecule has 2 heterocycles. The second-order valence-electron chi connectivity index (χ2n) is 8.38. The van der Waals surface area contributed by atoms with E-state index in [1.165, 1.54) is 25.7 Å². The smallest absolute Gasteiger partial charge is 0.227 e. The first kappa shape index (κ1) is 22.6. The number of para-hydroxylation sites is 2. The number of amides is 2. The zero-order valence-electron chi connectivity index (χ0n) is 18.7. The molecule has 2 amide bonds. The summed E-state index contributed by atoms with van der Waals surface area (Å²) >= 11 is 1.64. The molecule has 8 nitrogen and oxygen atoms in total. The van der Waals surface area contributed by atoms with Crippen LogP contribution >= 0.6 is 11.8 Å². The summed E-state index contributed by atoms with van der Waals surface area (Å²) < 4.78 is 7.68. The topological polar surface area (TPSA) is 89.3 Å². The van der Waals surface area contributed by atoms with Gasteiger partial charge in [-0.25, -0.2) is 0 Å². The van der Waals surface area contributed by atoms with Crippen LogP contribution < -0.4 is 15.0 Å². The first-order valence-corrected chi connectivity index (χ1v) is 12.5. The van der Waals surface area contributed by atoms with Gasteiger partial charge < -0.3 is 19.5 Å². The van der Waals surface area contributed by atoms with Crippen LogP contribution in [-0.4, -0.2) is 53.0 Å². The van der Waals surface area contributed by atoms with Crippen molar-refractivity contribution >= 4 is 29.3 Å². The van der Waals surface area contributed by atoms with Gasteiger partial charge in [0.15, 0.2) is 5.16 Å². The number of aryl methyl sites for hydroxylation is 1. The number of carbonyl (C=O) groups excluding carboxylic acids is 2. The quantitative estimate of drug-likeness (QED) is 0.459. The minimum absolute atomic E-state index is 0.0519. The summed E-state index contributed by atoms with van der Waals surface area (Å²) in [6, 6.07) is 7.90. The lowest BCUT2D eigenvalue weighted by atomic mass is 10.1. The molecule has 1 aliphatic heterocycles. The van der Waals surface area contributed by atoms with E-state index in [-0.39, 0.29) is 24.2 Å². The number of aromatic nitrogens is 3. The fraction of sp³-hybridized carbons (Fsp3) is 0.565. The number of benzene rings is 1. The summed E-state index contributed by atoms with van der Waals surface area (Å²) in [5.41, 5.74) is 0.714. The van der Waals surface area contributed by atoms with Crippen LogP contribution in [-0.2, 0) is 16.0 Å². The molecule has 1 atom stereocenters. The Balaban J connectivity index is 1.29. The number of thioether (sulfide) groups is 1. The molecule has 1 aromatic carbocycles. The molecule has 1 aromatic heterocycles. The van der Waals surface area contributed by atoms with E-state index >= 15 is 0 Å². The van der Waals surface area contributed by atoms with E-state index in [9.17, 15) is 9.59 Å². The second-order valence-corrected chi connectivity index (χ2v) is 9.16. The third-order valence-corrected chi connectivity index (χ3v) is 7.00. The lowest BCUT2D eigenvalue weighted by molar-refractivity contribution is -0.126. The molecule has 1 saturated heterocycles. The van der Waals surface area contributed by atoms with Crippen LogP contribution in [0, 0.1) is 5.92 Å². The Bertz CT molecular complexity index is 957. The van der Waals surface area contributed by atoms with Crippen LogP contribution in [0.5, 0.6) is 5.75 Å². The Hall–Kier alpha value is -2.55. The summed E-state index contributed by atoms with van der Waals surface area (Å²) in [5, 5.41) is 12.8. The molecule has 0 spiro atoms. The zero-order chi connectivity index (χ0) is 22.5. The normalized spacial score (nSPS) is 19.0. The number of nitrogens with one attached hydrogen (secondary N) is 1. The fourth-order valence-corrected chi connectivity index (χ4v) is 5.29. The Morgan fingerprint density at radius 1 is 1.25 bits per heavy atom. The predicted molar refractivity (Wildman–Crippen MR) is 124 cm³/mol. The average molecular weight is 458 g/mol. The van der Waals surface area contributed by atoms with Crippen molar-refractivity contribution < 1.29 is 14.3 Å². The minimum atomic E-state index is -0.349. The number of hydrogen-bond acceptors (Lipinski definition) is 6. The van der Waals surface area contributed by atoms with Crippen molar-refractivity contribution in [3.8, 4) is 5.75 Å². The van der Waals surface area contributed by atoms with Gasteiger partial charge in [0.25, 0.3) is 0 Å². The van der Waals surface area contributed by atoms with E-state index in [0.29, 0.717) is 30.6 Å². The molecule has 9 heteroatoms. The number of anilines is 1. The van der Waals surface area contributed by atoms with E-state index in [1.807, 2.05) is 30.5 Å². The van der Waals surface area contributed by atoms with Crippen LogP contribution in [0.1, 0.15) is 50.4 Å². The summed E-state index contributed by atoms with van der Waals surface area (Å²) in [6.45, 7) is 0.933. The zero-order valence-corrected chi connectivity index (χ0v) is 19.6. The third kappa shape index (κ3) is 4.77. The highest BCUT2D eigenvalue weighted by Gasteiger charge is 2.36. The molecule has 1 saturated carbocycles. The molecule has 1 N–H and O–H groups in total. The van der Waals surface area contributed by atoms with Crippen molar-refractivity contribution in [3.05, 3.63) is 30.1 Å². The van der Waals surface area contributed by atoms with Gasteiger partial charge in [-0.2, -0.15) is 0 Å². The largest absolute Gasteiger partial charge is 0.495 e. The maximum atomic E-state index is 12.7. The first-order chi connectivity index (χ1) is 15.6. The van der Waals surface area contributed by atoms with Crippen molar-refractivity contribution in [1.29, 1.82) is 0 Å². The molecular formula is C23H31N5O3S. The van der Waals surface area contributed by atoms with Gasteiger partial charge in [-0.15, -0.1) is 10.2 Å². The lowest BCUT2D eigenvalue weighted by Gasteiger charge is -2.19. The minimum Gasteiger partial charge on any atom is -0.495 e. The van der Waals surface area contributed by atoms with Crippen molar-refractivity contribution in [2.75, 3.05) is 31.4 Å². The Morgan fingerprint density at radius 2 is 2.03 bits per heavy atom. The number of ether oxygens (including phenoxy) is 1. The van der Waals surface area contributed by atoms with Crippen molar-refractivity contribution in [1.82, 2.24) is 20.1 Å². The van der Waals surface area contributed by atoms with Gasteiger partial charge in [-0.05, 0) is 37.7 Å². The molecule has 2 aromatic rings. The summed E-state index contributed by atoms with van der Waals surface area (Å²) in [6.07, 6.45) is 8.73. The predicted octanol–water partition coefficient (Wildman–Crippen LogP) is 3.23. The number of nitrogens with zero attached hydrogens (tertiary/aromatic N) is 4. The molecule has 0 radical (unpaired) electrons. The number of rotatable bonds is 9. The van der Waals surface area contributed by atoms with E-state index in [4.69, 9.17) is 4.74 Å². The first-order valence-electron chi connectivity index (χ1n) is 11.3. The highest BCUT2D eigenvalue weighted by atomic mass is 32.2. The molecule has 0 bridgehead atoms. The molecule has 32 heavy (non-hydrogen) atoms. The number of hydrogen-bond donors (Lipinski definition) is 1. The SMILES string of the molecule is COc1ccccc1N1CC(C(=O)NCCCc2nnc(SC)n2C2CCCC2)CC1=O. The highest BCUT2D eigenvalue weighted by Crippen LogP contribution is 2.34. The van der Waals surface area contributed by atoms with Gasteiger partial charge in [0, 0.05) is 32.0 Å². The monoisotopic (exact) mass is 457 g/mol. The summed E-state index contributed by atoms with van der Waals surface area (Å²) in [4.78, 5) is 26.9. The van der Waals surface area contributed by atoms with E-state index in [0.717, 1.165) is 23.8 Å². The highest BCUT2D eigenvalue weighted by molar-refractivity contribution is 7.98. The summed E-state index contributed by atoms with van der Waals surface area (Å²) in [5.74, 6) is 1.17. The second kappa shape index (κ2) is 10.4. The van der Waals surface area contributed by atoms with Crippen LogP contribution in [0.25, 0.3) is 0 Å². The van der Waals surface area contributed by atoms with E-state index in [1.54, 1.807) is 23.8 Å². The van der Waals surface area contributed by atoms with Gasteiger partial charge in [-0.1, -0.05) is 36.7 Å². The van der Waals surface area contributed by atoms with Crippen LogP contribution in [0.2, 0.25) is 0 Å². The molecule has 1 aliphatic carbocycles. The van der Waals surface area contributed by atoms with Gasteiger partial charge >= 0.3 is 0 Å². The van der Waals surface area contributed by atoms with Gasteiger partial charge in [-0.3, -0.25) is 9.59 Å². The Kier molecular flexibility index (Phi) is 7.34. The van der Waals surface area contributed by atoms with Crippen molar-refractivity contribution in [3.63, 3.8) is 0 Å². The Labute approximate surface area is 193 Å². The summed E-state index contributed by atoms with van der Waals surface area (Å²) in [7, 11) is 1.58. The van der Waals surface area contributed by atoms with Crippen molar-refractivity contribution in [2.24, 2.45) is 5.92 Å². The fourth-order valence-electron chi connectivity index (χ4n) is 4.72. The van der Waals surface area contributed by atoms with Crippen molar-refractivity contribution in [2.45, 2.75) is 56.1 Å². The molecule has 2 fully saturated rings. The van der Waals surface area contributed by atoms with Crippen LogP contribution in [0.3, 0.4) is 0 Å². The maximum Gasteiger partial charge on any atom is 0.227 e. The van der Waals surface area contributed by atoms with Gasteiger partial charge in [0.2, 0.25) is 11.8 Å². The molecular weight excluding hydrogens is 426 g/mol. The average Bonchev–Trinajstić information content (AvgIpc) is 3.55. The van der Waals surface area contributed by atoms with Gasteiger partial charge in [0.1, 0.15) is 11.6 Å². The Morgan fingerprint density at radius 3 is 2.78 bits per heavy atom. The molecule has 172 valence electrons.